The van der Waals surface area contributed by atoms with E-state index in [-0.39, 0.29) is 0 Å². The van der Waals surface area contributed by atoms with Gasteiger partial charge in [0, 0.05) is 12.4 Å². The monoisotopic (exact) mass is 271 g/mol. The quantitative estimate of drug-likeness (QED) is 0.908. The van der Waals surface area contributed by atoms with Gasteiger partial charge in [0.25, 0.3) is 0 Å². The zero-order chi connectivity index (χ0) is 14.5. The lowest BCUT2D eigenvalue weighted by Gasteiger charge is -2.15. The van der Waals surface area contributed by atoms with E-state index in [1.165, 1.54) is 0 Å². The largest absolute Gasteiger partial charge is 0.497 e. The number of nitrogens with zero attached hydrogens (tertiary/aromatic N) is 1. The summed E-state index contributed by atoms with van der Waals surface area (Å²) in [6.45, 7) is 1.88. The zero-order valence-corrected chi connectivity index (χ0v) is 11.5. The zero-order valence-electron chi connectivity index (χ0n) is 11.5. The van der Waals surface area contributed by atoms with E-state index in [4.69, 9.17) is 4.74 Å². The fourth-order valence-corrected chi connectivity index (χ4v) is 2.20. The van der Waals surface area contributed by atoms with Crippen LogP contribution in [0.25, 0.3) is 0 Å². The summed E-state index contributed by atoms with van der Waals surface area (Å²) in [5, 5.41) is 9.47. The fourth-order valence-electron chi connectivity index (χ4n) is 2.20. The van der Waals surface area contributed by atoms with E-state index in [1.54, 1.807) is 25.6 Å². The summed E-state index contributed by atoms with van der Waals surface area (Å²) in [5.74, 6) is -0.623. The Labute approximate surface area is 118 Å². The van der Waals surface area contributed by atoms with E-state index in [1.807, 2.05) is 31.2 Å². The average Bonchev–Trinajstić information content (AvgIpc) is 2.46. The number of hydrogen-bond acceptors (Lipinski definition) is 3. The first-order valence-corrected chi connectivity index (χ1v) is 6.38. The summed E-state index contributed by atoms with van der Waals surface area (Å²) in [4.78, 5) is 15.5. The van der Waals surface area contributed by atoms with Crippen molar-refractivity contribution in [2.75, 3.05) is 7.11 Å². The van der Waals surface area contributed by atoms with E-state index in [9.17, 15) is 9.90 Å². The van der Waals surface area contributed by atoms with Gasteiger partial charge >= 0.3 is 5.97 Å². The molecule has 0 aliphatic heterocycles. The van der Waals surface area contributed by atoms with E-state index in [2.05, 4.69) is 4.98 Å². The molecule has 0 saturated carbocycles. The summed E-state index contributed by atoms with van der Waals surface area (Å²) in [7, 11) is 1.61. The van der Waals surface area contributed by atoms with E-state index < -0.39 is 11.9 Å². The van der Waals surface area contributed by atoms with Crippen LogP contribution in [0.5, 0.6) is 5.75 Å². The van der Waals surface area contributed by atoms with Crippen LogP contribution in [0.15, 0.2) is 42.7 Å². The molecule has 1 aromatic heterocycles. The molecule has 0 radical (unpaired) electrons. The van der Waals surface area contributed by atoms with Crippen molar-refractivity contribution in [3.8, 4) is 5.75 Å². The Hall–Kier alpha value is -2.36. The van der Waals surface area contributed by atoms with Crippen molar-refractivity contribution in [2.45, 2.75) is 19.3 Å². The van der Waals surface area contributed by atoms with Crippen LogP contribution in [0.3, 0.4) is 0 Å². The number of rotatable bonds is 5. The number of ether oxygens (including phenoxy) is 1. The van der Waals surface area contributed by atoms with Crippen LogP contribution >= 0.6 is 0 Å². The maximum absolute atomic E-state index is 11.5. The normalized spacial score (nSPS) is 11.9. The Balaban J connectivity index is 2.26. The predicted molar refractivity (Wildman–Crippen MR) is 76.0 cm³/mol. The molecular formula is C16H17NO3. The third-order valence-corrected chi connectivity index (χ3v) is 3.34. The van der Waals surface area contributed by atoms with Crippen LogP contribution in [0.2, 0.25) is 0 Å². The first-order chi connectivity index (χ1) is 9.61. The smallest absolute Gasteiger partial charge is 0.311 e. The van der Waals surface area contributed by atoms with Crippen molar-refractivity contribution >= 4 is 5.97 Å². The van der Waals surface area contributed by atoms with Gasteiger partial charge in [0.1, 0.15) is 5.75 Å². The number of pyridine rings is 1. The first-order valence-electron chi connectivity index (χ1n) is 6.38. The number of methoxy groups -OCH3 is 1. The summed E-state index contributed by atoms with van der Waals surface area (Å²) < 4.78 is 5.10. The van der Waals surface area contributed by atoms with Gasteiger partial charge in [0.15, 0.2) is 0 Å². The molecule has 1 unspecified atom stereocenters. The van der Waals surface area contributed by atoms with E-state index >= 15 is 0 Å². The molecule has 2 rings (SSSR count). The van der Waals surface area contributed by atoms with Gasteiger partial charge < -0.3 is 9.84 Å². The van der Waals surface area contributed by atoms with E-state index in [0.29, 0.717) is 6.42 Å². The van der Waals surface area contributed by atoms with Crippen molar-refractivity contribution in [1.29, 1.82) is 0 Å². The Morgan fingerprint density at radius 1 is 1.30 bits per heavy atom. The molecule has 2 aromatic rings. The first kappa shape index (κ1) is 14.1. The molecular weight excluding hydrogens is 254 g/mol. The SMILES string of the molecule is COc1ccc(CC(C(=O)O)c2ccncc2C)cc1. The Bertz CT molecular complexity index is 593. The molecule has 1 N–H and O–H groups in total. The average molecular weight is 271 g/mol. The predicted octanol–water partition coefficient (Wildman–Crippen LogP) is 2.81. The van der Waals surface area contributed by atoms with Crippen molar-refractivity contribution in [1.82, 2.24) is 4.98 Å². The number of aryl methyl sites for hydroxylation is 1. The topological polar surface area (TPSA) is 59.4 Å². The second-order valence-electron chi connectivity index (χ2n) is 4.68. The Morgan fingerprint density at radius 3 is 2.55 bits per heavy atom. The maximum Gasteiger partial charge on any atom is 0.311 e. The summed E-state index contributed by atoms with van der Waals surface area (Å²) >= 11 is 0. The van der Waals surface area contributed by atoms with Crippen molar-refractivity contribution in [2.24, 2.45) is 0 Å². The van der Waals surface area contributed by atoms with Crippen LogP contribution in [-0.4, -0.2) is 23.2 Å². The summed E-state index contributed by atoms with van der Waals surface area (Å²) in [6, 6.07) is 9.25. The van der Waals surface area contributed by atoms with Gasteiger partial charge in [-0.25, -0.2) is 0 Å². The molecule has 1 aromatic carbocycles. The van der Waals surface area contributed by atoms with Crippen molar-refractivity contribution in [3.63, 3.8) is 0 Å². The molecule has 1 atom stereocenters. The van der Waals surface area contributed by atoms with Crippen LogP contribution < -0.4 is 4.74 Å². The maximum atomic E-state index is 11.5. The van der Waals surface area contributed by atoms with Crippen molar-refractivity contribution < 1.29 is 14.6 Å². The molecule has 0 spiro atoms. The second kappa shape index (κ2) is 6.19. The van der Waals surface area contributed by atoms with Crippen LogP contribution in [0.1, 0.15) is 22.6 Å². The molecule has 1 heterocycles. The highest BCUT2D eigenvalue weighted by atomic mass is 16.5. The number of benzene rings is 1. The molecule has 0 aliphatic carbocycles. The molecule has 20 heavy (non-hydrogen) atoms. The number of aromatic nitrogens is 1. The van der Waals surface area contributed by atoms with Gasteiger partial charge in [-0.3, -0.25) is 9.78 Å². The molecule has 0 fully saturated rings. The number of carboxylic acid groups (broad SMARTS) is 1. The minimum absolute atomic E-state index is 0.449. The van der Waals surface area contributed by atoms with E-state index in [0.717, 1.165) is 22.4 Å². The van der Waals surface area contributed by atoms with Gasteiger partial charge in [-0.05, 0) is 48.2 Å². The molecule has 0 saturated heterocycles. The number of carbonyl (C=O) groups is 1. The minimum Gasteiger partial charge on any atom is -0.497 e. The summed E-state index contributed by atoms with van der Waals surface area (Å²) in [6.07, 6.45) is 3.77. The molecule has 104 valence electrons. The number of carboxylic acids is 1. The van der Waals surface area contributed by atoms with Crippen LogP contribution in [0, 0.1) is 6.92 Å². The lowest BCUT2D eigenvalue weighted by Crippen LogP contribution is -2.15. The van der Waals surface area contributed by atoms with Gasteiger partial charge in [0.2, 0.25) is 0 Å². The molecule has 0 amide bonds. The van der Waals surface area contributed by atoms with Gasteiger partial charge in [-0.1, -0.05) is 12.1 Å². The third-order valence-electron chi connectivity index (χ3n) is 3.34. The second-order valence-corrected chi connectivity index (χ2v) is 4.68. The highest BCUT2D eigenvalue weighted by Crippen LogP contribution is 2.24. The van der Waals surface area contributed by atoms with Crippen LogP contribution in [-0.2, 0) is 11.2 Å². The lowest BCUT2D eigenvalue weighted by atomic mass is 9.90. The lowest BCUT2D eigenvalue weighted by molar-refractivity contribution is -0.138. The third kappa shape index (κ3) is 3.15. The Morgan fingerprint density at radius 2 is 2.00 bits per heavy atom. The van der Waals surface area contributed by atoms with Gasteiger partial charge in [-0.15, -0.1) is 0 Å². The minimum atomic E-state index is -0.824. The highest BCUT2D eigenvalue weighted by molar-refractivity contribution is 5.77. The van der Waals surface area contributed by atoms with Gasteiger partial charge in [-0.2, -0.15) is 0 Å². The van der Waals surface area contributed by atoms with Crippen LogP contribution in [0.4, 0.5) is 0 Å². The molecule has 0 aliphatic rings. The van der Waals surface area contributed by atoms with Gasteiger partial charge in [0.05, 0.1) is 13.0 Å². The highest BCUT2D eigenvalue weighted by Gasteiger charge is 2.22. The standard InChI is InChI=1S/C16H17NO3/c1-11-10-17-8-7-14(11)15(16(18)19)9-12-3-5-13(20-2)6-4-12/h3-8,10,15H,9H2,1-2H3,(H,18,19). The number of aliphatic carboxylic acids is 1. The molecule has 0 bridgehead atoms. The Kier molecular flexibility index (Phi) is 4.35. The van der Waals surface area contributed by atoms with Crippen molar-refractivity contribution in [3.05, 3.63) is 59.4 Å². The fraction of sp³-hybridized carbons (Fsp3) is 0.250. The summed E-state index contributed by atoms with van der Waals surface area (Å²) in [5.41, 5.74) is 2.67. The number of hydrogen-bond donors (Lipinski definition) is 1. The molecule has 4 heteroatoms. The molecule has 4 nitrogen and oxygen atoms in total.